The molecule has 1 amide bonds. The highest BCUT2D eigenvalue weighted by Crippen LogP contribution is 2.10. The lowest BCUT2D eigenvalue weighted by Crippen LogP contribution is -2.22. The molecule has 2 heterocycles. The van der Waals surface area contributed by atoms with E-state index < -0.39 is 0 Å². The summed E-state index contributed by atoms with van der Waals surface area (Å²) in [6.45, 7) is 2.47. The molecule has 2 aromatic rings. The fourth-order valence-electron chi connectivity index (χ4n) is 1.73. The van der Waals surface area contributed by atoms with Crippen molar-refractivity contribution in [2.75, 3.05) is 0 Å². The second-order valence-corrected chi connectivity index (χ2v) is 5.27. The number of nitrogens with one attached hydrogen (secondary N) is 2. The molecule has 0 saturated heterocycles. The Hall–Kier alpha value is -1.88. The number of hydrogen-bond acceptors (Lipinski definition) is 3. The van der Waals surface area contributed by atoms with E-state index >= 15 is 0 Å². The standard InChI is InChI=1S/C14H16N2O2S/c1-2-4-13(17)10-7-12(15-8-10)14(18)16-9-11-5-3-6-19-11/h3,5-8,15H,2,4,9H2,1H3,(H,16,18). The number of aromatic nitrogens is 1. The average molecular weight is 276 g/mol. The molecule has 0 fully saturated rings. The van der Waals surface area contributed by atoms with Gasteiger partial charge < -0.3 is 10.3 Å². The van der Waals surface area contributed by atoms with Gasteiger partial charge in [0.2, 0.25) is 0 Å². The number of amides is 1. The highest BCUT2D eigenvalue weighted by atomic mass is 32.1. The van der Waals surface area contributed by atoms with Crippen molar-refractivity contribution in [2.24, 2.45) is 0 Å². The van der Waals surface area contributed by atoms with Crippen LogP contribution < -0.4 is 5.32 Å². The van der Waals surface area contributed by atoms with Crippen LogP contribution >= 0.6 is 11.3 Å². The lowest BCUT2D eigenvalue weighted by atomic mass is 10.1. The van der Waals surface area contributed by atoms with Crippen LogP contribution in [0.1, 0.15) is 45.5 Å². The van der Waals surface area contributed by atoms with Crippen LogP contribution in [0.4, 0.5) is 0 Å². The summed E-state index contributed by atoms with van der Waals surface area (Å²) < 4.78 is 0. The van der Waals surface area contributed by atoms with E-state index in [1.165, 1.54) is 0 Å². The van der Waals surface area contributed by atoms with E-state index in [9.17, 15) is 9.59 Å². The molecule has 19 heavy (non-hydrogen) atoms. The fourth-order valence-corrected chi connectivity index (χ4v) is 2.38. The molecule has 2 rings (SSSR count). The summed E-state index contributed by atoms with van der Waals surface area (Å²) in [4.78, 5) is 27.5. The van der Waals surface area contributed by atoms with Crippen LogP contribution in [0.5, 0.6) is 0 Å². The third kappa shape index (κ3) is 3.54. The van der Waals surface area contributed by atoms with Crippen LogP contribution in [0.15, 0.2) is 29.8 Å². The normalized spacial score (nSPS) is 10.4. The van der Waals surface area contributed by atoms with E-state index in [2.05, 4.69) is 10.3 Å². The van der Waals surface area contributed by atoms with Crippen molar-refractivity contribution in [1.82, 2.24) is 10.3 Å². The van der Waals surface area contributed by atoms with Gasteiger partial charge in [-0.2, -0.15) is 0 Å². The summed E-state index contributed by atoms with van der Waals surface area (Å²) in [6.07, 6.45) is 2.91. The van der Waals surface area contributed by atoms with E-state index in [1.54, 1.807) is 23.6 Å². The number of hydrogen-bond donors (Lipinski definition) is 2. The minimum atomic E-state index is -0.191. The first kappa shape index (κ1) is 13.5. The highest BCUT2D eigenvalue weighted by molar-refractivity contribution is 7.09. The summed E-state index contributed by atoms with van der Waals surface area (Å²) in [5.74, 6) is -0.125. The third-order valence-electron chi connectivity index (χ3n) is 2.73. The molecule has 0 bridgehead atoms. The largest absolute Gasteiger partial charge is 0.356 e. The third-order valence-corrected chi connectivity index (χ3v) is 3.61. The van der Waals surface area contributed by atoms with Gasteiger partial charge in [-0.15, -0.1) is 11.3 Å². The van der Waals surface area contributed by atoms with Gasteiger partial charge in [0, 0.05) is 23.1 Å². The molecule has 0 saturated carbocycles. The molecule has 2 N–H and O–H groups in total. The molecule has 0 atom stereocenters. The van der Waals surface area contributed by atoms with Crippen LogP contribution in [0.3, 0.4) is 0 Å². The van der Waals surface area contributed by atoms with Crippen LogP contribution in [0.2, 0.25) is 0 Å². The van der Waals surface area contributed by atoms with E-state index in [0.717, 1.165) is 11.3 Å². The molecule has 5 heteroatoms. The number of ketones is 1. The Morgan fingerprint density at radius 2 is 2.26 bits per heavy atom. The van der Waals surface area contributed by atoms with Gasteiger partial charge in [0.25, 0.3) is 5.91 Å². The Bertz CT molecular complexity index is 558. The Balaban J connectivity index is 1.94. The van der Waals surface area contributed by atoms with Crippen molar-refractivity contribution in [3.05, 3.63) is 45.9 Å². The summed E-state index contributed by atoms with van der Waals surface area (Å²) in [5, 5.41) is 4.78. The molecule has 0 aromatic carbocycles. The van der Waals surface area contributed by atoms with Crippen LogP contribution in [0, 0.1) is 0 Å². The molecule has 2 aromatic heterocycles. The van der Waals surface area contributed by atoms with Gasteiger partial charge in [0.15, 0.2) is 5.78 Å². The van der Waals surface area contributed by atoms with Crippen LogP contribution in [0.25, 0.3) is 0 Å². The predicted octanol–water partition coefficient (Wildman–Crippen LogP) is 2.99. The quantitative estimate of drug-likeness (QED) is 0.797. The van der Waals surface area contributed by atoms with Crippen molar-refractivity contribution in [3.63, 3.8) is 0 Å². The monoisotopic (exact) mass is 276 g/mol. The SMILES string of the molecule is CCCC(=O)c1c[nH]c(C(=O)NCc2cccs2)c1. The molecule has 0 unspecified atom stereocenters. The maximum Gasteiger partial charge on any atom is 0.268 e. The maximum atomic E-state index is 11.9. The Morgan fingerprint density at radius 3 is 2.95 bits per heavy atom. The zero-order valence-electron chi connectivity index (χ0n) is 10.7. The molecule has 0 radical (unpaired) electrons. The van der Waals surface area contributed by atoms with Gasteiger partial charge in [-0.25, -0.2) is 0 Å². The smallest absolute Gasteiger partial charge is 0.268 e. The number of thiophene rings is 1. The molecular formula is C14H16N2O2S. The number of aromatic amines is 1. The van der Waals surface area contributed by atoms with Crippen LogP contribution in [-0.2, 0) is 6.54 Å². The molecule has 0 aliphatic heterocycles. The van der Waals surface area contributed by atoms with Crippen molar-refractivity contribution >= 4 is 23.0 Å². The van der Waals surface area contributed by atoms with Gasteiger partial charge in [0.05, 0.1) is 6.54 Å². The van der Waals surface area contributed by atoms with Gasteiger partial charge in [-0.05, 0) is 23.9 Å². The fraction of sp³-hybridized carbons (Fsp3) is 0.286. The number of carbonyl (C=O) groups is 2. The number of rotatable bonds is 6. The summed E-state index contributed by atoms with van der Waals surface area (Å²) in [7, 11) is 0. The average Bonchev–Trinajstić information content (AvgIpc) is 3.07. The van der Waals surface area contributed by atoms with Gasteiger partial charge >= 0.3 is 0 Å². The summed E-state index contributed by atoms with van der Waals surface area (Å²) >= 11 is 1.60. The lowest BCUT2D eigenvalue weighted by molar-refractivity contribution is 0.0946. The number of carbonyl (C=O) groups excluding carboxylic acids is 2. The summed E-state index contributed by atoms with van der Waals surface area (Å²) in [6, 6.07) is 5.53. The zero-order valence-corrected chi connectivity index (χ0v) is 11.5. The van der Waals surface area contributed by atoms with Crippen molar-refractivity contribution in [3.8, 4) is 0 Å². The lowest BCUT2D eigenvalue weighted by Gasteiger charge is -2.00. The van der Waals surface area contributed by atoms with Gasteiger partial charge in [-0.3, -0.25) is 9.59 Å². The van der Waals surface area contributed by atoms with Gasteiger partial charge in [0.1, 0.15) is 5.69 Å². The molecular weight excluding hydrogens is 260 g/mol. The minimum absolute atomic E-state index is 0.0658. The molecule has 100 valence electrons. The maximum absolute atomic E-state index is 11.9. The molecule has 4 nitrogen and oxygen atoms in total. The molecule has 0 spiro atoms. The van der Waals surface area contributed by atoms with Crippen molar-refractivity contribution in [2.45, 2.75) is 26.3 Å². The van der Waals surface area contributed by atoms with E-state index in [-0.39, 0.29) is 11.7 Å². The number of Topliss-reactive ketones (excluding diaryl/α,β-unsaturated/α-hetero) is 1. The van der Waals surface area contributed by atoms with Gasteiger partial charge in [-0.1, -0.05) is 13.0 Å². The minimum Gasteiger partial charge on any atom is -0.356 e. The first-order chi connectivity index (χ1) is 9.20. The topological polar surface area (TPSA) is 62.0 Å². The molecule has 0 aliphatic rings. The van der Waals surface area contributed by atoms with E-state index in [1.807, 2.05) is 24.4 Å². The second kappa shape index (κ2) is 6.33. The second-order valence-electron chi connectivity index (χ2n) is 4.24. The first-order valence-electron chi connectivity index (χ1n) is 6.23. The van der Waals surface area contributed by atoms with Crippen LogP contribution in [-0.4, -0.2) is 16.7 Å². The molecule has 0 aliphatic carbocycles. The van der Waals surface area contributed by atoms with Crippen molar-refractivity contribution in [1.29, 1.82) is 0 Å². The van der Waals surface area contributed by atoms with E-state index in [4.69, 9.17) is 0 Å². The van der Waals surface area contributed by atoms with Crippen molar-refractivity contribution < 1.29 is 9.59 Å². The predicted molar refractivity (Wildman–Crippen MR) is 75.5 cm³/mol. The Morgan fingerprint density at radius 1 is 1.42 bits per heavy atom. The highest BCUT2D eigenvalue weighted by Gasteiger charge is 2.12. The number of H-pyrrole nitrogens is 1. The Labute approximate surface area is 115 Å². The van der Waals surface area contributed by atoms with E-state index in [0.29, 0.717) is 24.2 Å². The Kier molecular flexibility index (Phi) is 4.52. The summed E-state index contributed by atoms with van der Waals surface area (Å²) in [5.41, 5.74) is 0.999. The zero-order chi connectivity index (χ0) is 13.7. The first-order valence-corrected chi connectivity index (χ1v) is 7.11.